The van der Waals surface area contributed by atoms with Gasteiger partial charge in [0.1, 0.15) is 0 Å². The number of carbonyl (C=O) groups excluding carboxylic acids is 1. The molecule has 18 heavy (non-hydrogen) atoms. The second kappa shape index (κ2) is 5.87. The Morgan fingerprint density at radius 1 is 1.11 bits per heavy atom. The van der Waals surface area contributed by atoms with E-state index in [1.807, 2.05) is 24.3 Å². The smallest absolute Gasteiger partial charge is 0.256 e. The second-order valence-corrected chi connectivity index (χ2v) is 5.74. The number of rotatable bonds is 2. The first-order valence-corrected chi connectivity index (χ1v) is 7.05. The third-order valence-corrected chi connectivity index (χ3v) is 3.78. The number of halogens is 3. The first-order chi connectivity index (χ1) is 8.58. The van der Waals surface area contributed by atoms with Gasteiger partial charge in [-0.3, -0.25) is 4.79 Å². The Labute approximate surface area is 127 Å². The number of benzene rings is 2. The van der Waals surface area contributed by atoms with E-state index in [4.69, 9.17) is 11.6 Å². The maximum absolute atomic E-state index is 12.1. The lowest BCUT2D eigenvalue weighted by atomic mass is 10.2. The Kier molecular flexibility index (Phi) is 4.43. The van der Waals surface area contributed by atoms with Crippen molar-refractivity contribution >= 4 is 55.1 Å². The fourth-order valence-electron chi connectivity index (χ4n) is 1.43. The maximum Gasteiger partial charge on any atom is 0.256 e. The topological polar surface area (TPSA) is 29.1 Å². The molecule has 0 heterocycles. The van der Waals surface area contributed by atoms with Crippen molar-refractivity contribution in [1.82, 2.24) is 0 Å². The normalized spacial score (nSPS) is 10.2. The number of hydrogen-bond acceptors (Lipinski definition) is 1. The van der Waals surface area contributed by atoms with Crippen molar-refractivity contribution in [3.05, 3.63) is 62.0 Å². The van der Waals surface area contributed by atoms with Gasteiger partial charge in [-0.2, -0.15) is 0 Å². The lowest BCUT2D eigenvalue weighted by molar-refractivity contribution is 0.102. The summed E-state index contributed by atoms with van der Waals surface area (Å²) in [7, 11) is 0. The molecule has 0 saturated heterocycles. The molecule has 0 aromatic heterocycles. The van der Waals surface area contributed by atoms with Crippen LogP contribution in [0, 0.1) is 0 Å². The van der Waals surface area contributed by atoms with Gasteiger partial charge in [-0.05, 0) is 46.3 Å². The summed E-state index contributed by atoms with van der Waals surface area (Å²) < 4.78 is 1.63. The molecule has 1 N–H and O–H groups in total. The van der Waals surface area contributed by atoms with Crippen LogP contribution in [0.2, 0.25) is 5.02 Å². The molecular weight excluding hydrogens is 381 g/mol. The summed E-state index contributed by atoms with van der Waals surface area (Å²) in [6, 6.07) is 12.5. The summed E-state index contributed by atoms with van der Waals surface area (Å²) in [6.07, 6.45) is 0. The SMILES string of the molecule is O=C(Nc1ccccc1Cl)c1ccc(Br)cc1Br. The second-order valence-electron chi connectivity index (χ2n) is 3.56. The van der Waals surface area contributed by atoms with E-state index in [1.54, 1.807) is 18.2 Å². The van der Waals surface area contributed by atoms with Gasteiger partial charge < -0.3 is 5.32 Å². The molecule has 0 aliphatic carbocycles. The Hall–Kier alpha value is -0.840. The zero-order valence-corrected chi connectivity index (χ0v) is 13.0. The van der Waals surface area contributed by atoms with Crippen LogP contribution >= 0.6 is 43.5 Å². The zero-order chi connectivity index (χ0) is 13.1. The van der Waals surface area contributed by atoms with Crippen LogP contribution in [0.4, 0.5) is 5.69 Å². The zero-order valence-electron chi connectivity index (χ0n) is 9.08. The quantitative estimate of drug-likeness (QED) is 0.759. The molecule has 0 spiro atoms. The number of anilines is 1. The standard InChI is InChI=1S/C13H8Br2ClNO/c14-8-5-6-9(10(15)7-8)13(18)17-12-4-2-1-3-11(12)16/h1-7H,(H,17,18). The van der Waals surface area contributed by atoms with Crippen LogP contribution in [-0.2, 0) is 0 Å². The van der Waals surface area contributed by atoms with Gasteiger partial charge in [0.05, 0.1) is 16.3 Å². The van der Waals surface area contributed by atoms with E-state index in [2.05, 4.69) is 37.2 Å². The highest BCUT2D eigenvalue weighted by Gasteiger charge is 2.11. The Balaban J connectivity index is 2.25. The molecule has 5 heteroatoms. The largest absolute Gasteiger partial charge is 0.321 e. The van der Waals surface area contributed by atoms with Crippen LogP contribution in [0.5, 0.6) is 0 Å². The van der Waals surface area contributed by atoms with Gasteiger partial charge >= 0.3 is 0 Å². The van der Waals surface area contributed by atoms with Gasteiger partial charge in [0.25, 0.3) is 5.91 Å². The maximum atomic E-state index is 12.1. The molecule has 1 amide bonds. The van der Waals surface area contributed by atoms with Crippen LogP contribution < -0.4 is 5.32 Å². The van der Waals surface area contributed by atoms with Crippen molar-refractivity contribution < 1.29 is 4.79 Å². The fraction of sp³-hybridized carbons (Fsp3) is 0. The Morgan fingerprint density at radius 2 is 1.83 bits per heavy atom. The van der Waals surface area contributed by atoms with Gasteiger partial charge in [-0.25, -0.2) is 0 Å². The van der Waals surface area contributed by atoms with Crippen molar-refractivity contribution in [2.45, 2.75) is 0 Å². The van der Waals surface area contributed by atoms with Crippen LogP contribution in [-0.4, -0.2) is 5.91 Å². The fourth-order valence-corrected chi connectivity index (χ4v) is 2.84. The van der Waals surface area contributed by atoms with Crippen molar-refractivity contribution in [3.8, 4) is 0 Å². The molecule has 2 aromatic carbocycles. The molecule has 0 fully saturated rings. The molecule has 92 valence electrons. The Morgan fingerprint density at radius 3 is 2.50 bits per heavy atom. The van der Waals surface area contributed by atoms with Crippen molar-refractivity contribution in [2.75, 3.05) is 5.32 Å². The summed E-state index contributed by atoms with van der Waals surface area (Å²) in [4.78, 5) is 12.1. The van der Waals surface area contributed by atoms with E-state index in [1.165, 1.54) is 0 Å². The molecule has 0 bridgehead atoms. The van der Waals surface area contributed by atoms with Gasteiger partial charge in [0.2, 0.25) is 0 Å². The van der Waals surface area contributed by atoms with E-state index in [9.17, 15) is 4.79 Å². The van der Waals surface area contributed by atoms with Gasteiger partial charge in [-0.15, -0.1) is 0 Å². The summed E-state index contributed by atoms with van der Waals surface area (Å²) in [5.74, 6) is -0.206. The molecule has 2 nitrogen and oxygen atoms in total. The average molecular weight is 389 g/mol. The minimum atomic E-state index is -0.206. The molecule has 0 unspecified atom stereocenters. The van der Waals surface area contributed by atoms with Gasteiger partial charge in [-0.1, -0.05) is 39.7 Å². The lowest BCUT2D eigenvalue weighted by Gasteiger charge is -2.08. The van der Waals surface area contributed by atoms with Gasteiger partial charge in [0.15, 0.2) is 0 Å². The van der Waals surface area contributed by atoms with Gasteiger partial charge in [0, 0.05) is 8.95 Å². The number of amides is 1. The van der Waals surface area contributed by atoms with E-state index in [0.29, 0.717) is 16.3 Å². The predicted octanol–water partition coefficient (Wildman–Crippen LogP) is 5.12. The Bertz CT molecular complexity index is 601. The third-order valence-electron chi connectivity index (χ3n) is 2.30. The molecule has 0 aliphatic heterocycles. The number of para-hydroxylation sites is 1. The van der Waals surface area contributed by atoms with E-state index < -0.39 is 0 Å². The van der Waals surface area contributed by atoms with Crippen LogP contribution in [0.15, 0.2) is 51.4 Å². The molecule has 0 radical (unpaired) electrons. The third kappa shape index (κ3) is 3.13. The monoisotopic (exact) mass is 387 g/mol. The van der Waals surface area contributed by atoms with Crippen molar-refractivity contribution in [3.63, 3.8) is 0 Å². The summed E-state index contributed by atoms with van der Waals surface area (Å²) >= 11 is 12.7. The lowest BCUT2D eigenvalue weighted by Crippen LogP contribution is -2.12. The van der Waals surface area contributed by atoms with E-state index >= 15 is 0 Å². The number of hydrogen-bond donors (Lipinski definition) is 1. The first kappa shape index (κ1) is 13.6. The summed E-state index contributed by atoms with van der Waals surface area (Å²) in [5.41, 5.74) is 1.15. The minimum Gasteiger partial charge on any atom is -0.321 e. The predicted molar refractivity (Wildman–Crippen MR) is 81.2 cm³/mol. The van der Waals surface area contributed by atoms with Crippen molar-refractivity contribution in [1.29, 1.82) is 0 Å². The average Bonchev–Trinajstić information content (AvgIpc) is 2.32. The number of nitrogens with one attached hydrogen (secondary N) is 1. The molecule has 0 atom stereocenters. The van der Waals surface area contributed by atoms with Crippen LogP contribution in [0.25, 0.3) is 0 Å². The molecular formula is C13H8Br2ClNO. The van der Waals surface area contributed by atoms with Crippen LogP contribution in [0.1, 0.15) is 10.4 Å². The molecule has 2 rings (SSSR count). The summed E-state index contributed by atoms with van der Waals surface area (Å²) in [6.45, 7) is 0. The highest BCUT2D eigenvalue weighted by atomic mass is 79.9. The van der Waals surface area contributed by atoms with Crippen molar-refractivity contribution in [2.24, 2.45) is 0 Å². The molecule has 0 saturated carbocycles. The number of carbonyl (C=O) groups is 1. The molecule has 2 aromatic rings. The minimum absolute atomic E-state index is 0.206. The van der Waals surface area contributed by atoms with Crippen LogP contribution in [0.3, 0.4) is 0 Å². The van der Waals surface area contributed by atoms with E-state index in [0.717, 1.165) is 8.95 Å². The van der Waals surface area contributed by atoms with E-state index in [-0.39, 0.29) is 5.91 Å². The highest BCUT2D eigenvalue weighted by molar-refractivity contribution is 9.11. The molecule has 0 aliphatic rings. The highest BCUT2D eigenvalue weighted by Crippen LogP contribution is 2.25. The summed E-state index contributed by atoms with van der Waals surface area (Å²) in [5, 5.41) is 3.28. The first-order valence-electron chi connectivity index (χ1n) is 5.09.